The maximum atomic E-state index is 14.7. The third-order valence-electron chi connectivity index (χ3n) is 15.5. The third kappa shape index (κ3) is 17.3. The fourth-order valence-corrected chi connectivity index (χ4v) is 10.4. The van der Waals surface area contributed by atoms with Crippen molar-refractivity contribution in [3.05, 3.63) is 150 Å². The molecule has 0 aromatic heterocycles. The van der Waals surface area contributed by atoms with E-state index in [1.165, 1.54) is 75.9 Å². The van der Waals surface area contributed by atoms with Gasteiger partial charge in [-0.15, -0.1) is 0 Å². The molecule has 2 aliphatic rings. The molecule has 86 heavy (non-hydrogen) atoms. The summed E-state index contributed by atoms with van der Waals surface area (Å²) in [5, 5.41) is 7.54. The zero-order chi connectivity index (χ0) is 62.1. The van der Waals surface area contributed by atoms with E-state index >= 15 is 0 Å². The lowest BCUT2D eigenvalue weighted by Gasteiger charge is -2.36. The first-order valence-corrected chi connectivity index (χ1v) is 28.9. The summed E-state index contributed by atoms with van der Waals surface area (Å²) < 4.78 is 28.7. The Hall–Kier alpha value is -9.07. The summed E-state index contributed by atoms with van der Waals surface area (Å²) in [4.78, 5) is 132. The maximum absolute atomic E-state index is 14.7. The second-order valence-corrected chi connectivity index (χ2v) is 22.4. The highest BCUT2D eigenvalue weighted by molar-refractivity contribution is 6.38. The summed E-state index contributed by atoms with van der Waals surface area (Å²) in [5.41, 5.74) is 1.31. The van der Waals surface area contributed by atoms with Gasteiger partial charge in [0.1, 0.15) is 42.6 Å². The number of piperidine rings is 1. The number of nitrogens with one attached hydrogen (secondary N) is 2. The fourth-order valence-electron chi connectivity index (χ4n) is 10.4. The molecular formula is C66H78N6O14. The molecule has 1 fully saturated rings. The third-order valence-corrected chi connectivity index (χ3v) is 15.5. The highest BCUT2D eigenvalue weighted by Gasteiger charge is 2.43. The van der Waals surface area contributed by atoms with E-state index in [-0.39, 0.29) is 50.9 Å². The number of hydrogen-bond acceptors (Lipinski definition) is 14. The van der Waals surface area contributed by atoms with Crippen molar-refractivity contribution in [2.24, 2.45) is 5.41 Å². The van der Waals surface area contributed by atoms with Gasteiger partial charge >= 0.3 is 11.9 Å². The molecule has 6 amide bonds. The average Bonchev–Trinajstić information content (AvgIpc) is 3.55. The van der Waals surface area contributed by atoms with Crippen LogP contribution < -0.4 is 24.8 Å². The first-order valence-electron chi connectivity index (χ1n) is 28.9. The van der Waals surface area contributed by atoms with E-state index in [0.717, 1.165) is 32.4 Å². The van der Waals surface area contributed by atoms with Crippen molar-refractivity contribution in [3.8, 4) is 17.2 Å². The van der Waals surface area contributed by atoms with E-state index in [1.807, 2.05) is 72.8 Å². The topological polar surface area (TPSA) is 237 Å². The number of nitrogens with zero attached hydrogens (tertiary/aromatic N) is 4. The number of fused-ring (bicyclic) bond motifs is 4. The molecule has 20 nitrogen and oxygen atoms in total. The van der Waals surface area contributed by atoms with Crippen molar-refractivity contribution in [2.45, 2.75) is 102 Å². The average molecular weight is 1180 g/mol. The van der Waals surface area contributed by atoms with E-state index in [9.17, 15) is 43.2 Å². The van der Waals surface area contributed by atoms with Crippen LogP contribution in [0.15, 0.2) is 127 Å². The first-order chi connectivity index (χ1) is 41.2. The van der Waals surface area contributed by atoms with Crippen LogP contribution in [0.4, 0.5) is 0 Å². The van der Waals surface area contributed by atoms with Crippen LogP contribution in [0.2, 0.25) is 0 Å². The molecule has 20 heteroatoms. The monoisotopic (exact) mass is 1180 g/mol. The molecule has 7 rings (SSSR count). The van der Waals surface area contributed by atoms with Gasteiger partial charge in [0.2, 0.25) is 29.4 Å². The summed E-state index contributed by atoms with van der Waals surface area (Å²) >= 11 is 0. The SMILES string of the molecule is COc1ccc(CC[C@H]2OC(=O)[C@@H]3CCCCN3C(=O)C(=O)C(C)(C)COC(=O)/C=C\CCN(C)C(=O)[C@H](Cc3ccc4ccccc4c3)NC(=O)[C@H](Cc3ccccc3)N(C)C(=O)[C@@H](C)NC(=O)CN(C)C(=O)COc3cccc2c3)cc1OC. The maximum Gasteiger partial charge on any atom is 0.330 e. The van der Waals surface area contributed by atoms with Gasteiger partial charge in [0.25, 0.3) is 11.8 Å². The number of amides is 6. The Balaban J connectivity index is 1.16. The zero-order valence-electron chi connectivity index (χ0n) is 50.2. The molecule has 0 saturated carbocycles. The van der Waals surface area contributed by atoms with Crippen LogP contribution in [0.25, 0.3) is 10.8 Å². The minimum atomic E-state index is -1.51. The molecule has 2 bridgehead atoms. The Kier molecular flexibility index (Phi) is 22.6. The number of carbonyl (C=O) groups is 9. The van der Waals surface area contributed by atoms with Crippen molar-refractivity contribution in [1.82, 2.24) is 30.2 Å². The van der Waals surface area contributed by atoms with Gasteiger partial charge in [0.15, 0.2) is 18.1 Å². The number of esters is 2. The molecule has 5 atom stereocenters. The molecule has 456 valence electrons. The lowest BCUT2D eigenvalue weighted by atomic mass is 9.87. The number of Topliss-reactive ketones (excluding diaryl/α,β-unsaturated/α-hetero) is 1. The predicted octanol–water partition coefficient (Wildman–Crippen LogP) is 6.15. The van der Waals surface area contributed by atoms with E-state index in [1.54, 1.807) is 49.5 Å². The van der Waals surface area contributed by atoms with Crippen molar-refractivity contribution < 1.29 is 66.8 Å². The van der Waals surface area contributed by atoms with Gasteiger partial charge in [0, 0.05) is 53.2 Å². The number of ketones is 1. The van der Waals surface area contributed by atoms with Crippen LogP contribution in [0, 0.1) is 5.41 Å². The van der Waals surface area contributed by atoms with E-state index in [0.29, 0.717) is 36.3 Å². The lowest BCUT2D eigenvalue weighted by Crippen LogP contribution is -2.58. The molecule has 2 heterocycles. The van der Waals surface area contributed by atoms with Gasteiger partial charge in [-0.2, -0.15) is 0 Å². The van der Waals surface area contributed by atoms with Crippen molar-refractivity contribution in [3.63, 3.8) is 0 Å². The number of likely N-dealkylation sites (N-methyl/N-ethyl adjacent to an activating group) is 3. The van der Waals surface area contributed by atoms with Gasteiger partial charge in [-0.05, 0) is 117 Å². The van der Waals surface area contributed by atoms with Gasteiger partial charge in [-0.1, -0.05) is 97.1 Å². The summed E-state index contributed by atoms with van der Waals surface area (Å²) in [6.45, 7) is 3.21. The highest BCUT2D eigenvalue weighted by atomic mass is 16.5. The van der Waals surface area contributed by atoms with Gasteiger partial charge < -0.3 is 53.9 Å². The van der Waals surface area contributed by atoms with Crippen LogP contribution in [-0.2, 0) is 71.9 Å². The predicted molar refractivity (Wildman–Crippen MR) is 321 cm³/mol. The number of methoxy groups -OCH3 is 2. The smallest absolute Gasteiger partial charge is 0.330 e. The quantitative estimate of drug-likeness (QED) is 0.124. The number of ether oxygens (including phenoxy) is 5. The Morgan fingerprint density at radius 2 is 1.40 bits per heavy atom. The van der Waals surface area contributed by atoms with Crippen LogP contribution >= 0.6 is 0 Å². The number of carbonyl (C=O) groups excluding carboxylic acids is 9. The highest BCUT2D eigenvalue weighted by Crippen LogP contribution is 2.33. The van der Waals surface area contributed by atoms with E-state index < -0.39 is 109 Å². The van der Waals surface area contributed by atoms with Crippen LogP contribution in [-0.4, -0.2) is 165 Å². The molecule has 5 aromatic carbocycles. The Morgan fingerprint density at radius 1 is 0.674 bits per heavy atom. The standard InChI is InChI=1S/C66H78N6O14/c1-43-62(78)71(6)53(37-44-19-10-9-11-20-44)61(77)68-51(36-46-27-30-47-21-12-13-22-48(47)35-46)63(79)69(4)33-16-15-26-59(75)85-42-66(2,3)60(76)64(80)72-34-17-14-25-52(72)65(81)86-54(31-28-45-29-32-55(82-7)56(38-45)83-8)49-23-18-24-50(39-49)84-41-58(74)70(5)40-57(73)67-43/h9-13,15,18-24,26-27,29-30,32,35,38-39,43,51-54H,14,16-17,25,28,31,33-34,36-37,40-42H2,1-8H3,(H,67,73)(H,68,77)/b26-15-/t43-,51+,52+,53+,54-/m1/s1. The number of cyclic esters (lactones) is 2. The van der Waals surface area contributed by atoms with Crippen molar-refractivity contribution in [1.29, 1.82) is 0 Å². The Morgan fingerprint density at radius 3 is 2.14 bits per heavy atom. The van der Waals surface area contributed by atoms with Crippen LogP contribution in [0.3, 0.4) is 0 Å². The normalized spacial score (nSPS) is 21.9. The summed E-state index contributed by atoms with van der Waals surface area (Å²) in [6, 6.07) is 30.0. The van der Waals surface area contributed by atoms with Gasteiger partial charge in [-0.3, -0.25) is 33.6 Å². The minimum absolute atomic E-state index is 0.0506. The minimum Gasteiger partial charge on any atom is -0.493 e. The molecule has 2 N–H and O–H groups in total. The molecule has 0 aliphatic carbocycles. The summed E-state index contributed by atoms with van der Waals surface area (Å²) in [6.07, 6.45) is 4.02. The molecule has 1 saturated heterocycles. The molecule has 0 spiro atoms. The largest absolute Gasteiger partial charge is 0.493 e. The zero-order valence-corrected chi connectivity index (χ0v) is 50.2. The first kappa shape index (κ1) is 64.5. The Bertz CT molecular complexity index is 3290. The van der Waals surface area contributed by atoms with Crippen molar-refractivity contribution >= 4 is 63.9 Å². The van der Waals surface area contributed by atoms with Crippen LogP contribution in [0.1, 0.15) is 81.2 Å². The number of benzene rings is 5. The summed E-state index contributed by atoms with van der Waals surface area (Å²) in [7, 11) is 7.48. The molecule has 5 aromatic rings. The molecular weight excluding hydrogens is 1100 g/mol. The molecule has 2 aliphatic heterocycles. The second-order valence-electron chi connectivity index (χ2n) is 22.4. The lowest BCUT2D eigenvalue weighted by molar-refractivity contribution is -0.165. The van der Waals surface area contributed by atoms with E-state index in [4.69, 9.17) is 23.7 Å². The summed E-state index contributed by atoms with van der Waals surface area (Å²) in [5.74, 6) is -5.00. The van der Waals surface area contributed by atoms with E-state index in [2.05, 4.69) is 10.6 Å². The van der Waals surface area contributed by atoms with Crippen LogP contribution in [0.5, 0.6) is 17.2 Å². The molecule has 0 unspecified atom stereocenters. The van der Waals surface area contributed by atoms with Crippen molar-refractivity contribution in [2.75, 3.05) is 68.2 Å². The fraction of sp³-hybridized carbons (Fsp3) is 0.409. The number of hydrogen-bond donors (Lipinski definition) is 2. The molecule has 0 radical (unpaired) electrons. The van der Waals surface area contributed by atoms with Gasteiger partial charge in [-0.25, -0.2) is 9.59 Å². The second kappa shape index (κ2) is 30.1. The number of rotatable bonds is 9. The van der Waals surface area contributed by atoms with Gasteiger partial charge in [0.05, 0.1) is 26.2 Å². The number of aryl methyl sites for hydroxylation is 1. The Labute approximate surface area is 502 Å².